The van der Waals surface area contributed by atoms with Crippen molar-refractivity contribution in [3.8, 4) is 5.75 Å². The number of fused-ring (bicyclic) bond motifs is 1. The summed E-state index contributed by atoms with van der Waals surface area (Å²) >= 11 is 3.41. The minimum atomic E-state index is -5.76. The van der Waals surface area contributed by atoms with Gasteiger partial charge >= 0.3 is 13.3 Å². The first kappa shape index (κ1) is 30.4. The van der Waals surface area contributed by atoms with Crippen LogP contribution in [0.3, 0.4) is 0 Å². The molecule has 15 heteroatoms. The molecule has 1 aromatic heterocycles. The SMILES string of the molecule is B.C1CCOC1.CS(=O)(=O)CCCOc1cc(CO)cc2c(Br)c(C(F)(F)P(=O)(O)O)sc12. The van der Waals surface area contributed by atoms with E-state index in [0.717, 1.165) is 19.5 Å². The largest absolute Gasteiger partial charge is 0.492 e. The van der Waals surface area contributed by atoms with Gasteiger partial charge in [-0.3, -0.25) is 4.57 Å². The van der Waals surface area contributed by atoms with Crippen LogP contribution in [0.5, 0.6) is 5.75 Å². The molecule has 1 saturated heterocycles. The Hall–Kier alpha value is -0.595. The Morgan fingerprint density at radius 3 is 2.33 bits per heavy atom. The maximum absolute atomic E-state index is 14.2. The van der Waals surface area contributed by atoms with Crippen LogP contribution in [-0.2, 0) is 31.4 Å². The van der Waals surface area contributed by atoms with Crippen LogP contribution in [0, 0.1) is 0 Å². The highest BCUT2D eigenvalue weighted by Crippen LogP contribution is 2.63. The number of aliphatic hydroxyl groups excluding tert-OH is 1. The van der Waals surface area contributed by atoms with Gasteiger partial charge in [-0.2, -0.15) is 8.78 Å². The molecule has 0 bridgehead atoms. The van der Waals surface area contributed by atoms with E-state index < -0.39 is 34.6 Å². The zero-order chi connectivity index (χ0) is 24.2. The number of hydrogen-bond acceptors (Lipinski definition) is 7. The number of sulfone groups is 1. The van der Waals surface area contributed by atoms with E-state index in [-0.39, 0.29) is 47.5 Å². The summed E-state index contributed by atoms with van der Waals surface area (Å²) in [5.74, 6) is -0.00518. The molecule has 2 heterocycles. The van der Waals surface area contributed by atoms with E-state index in [9.17, 15) is 26.9 Å². The molecular formula is C18H27BBrF2O8PS2. The summed E-state index contributed by atoms with van der Waals surface area (Å²) < 4.78 is 72.3. The molecule has 3 N–H and O–H groups in total. The van der Waals surface area contributed by atoms with Gasteiger partial charge in [-0.05, 0) is 52.9 Å². The van der Waals surface area contributed by atoms with Gasteiger partial charge < -0.3 is 24.4 Å². The van der Waals surface area contributed by atoms with Crippen LogP contribution in [0.1, 0.15) is 29.7 Å². The molecule has 1 aliphatic rings. The quantitative estimate of drug-likeness (QED) is 0.242. The van der Waals surface area contributed by atoms with E-state index in [1.54, 1.807) is 0 Å². The van der Waals surface area contributed by atoms with Crippen LogP contribution in [0.4, 0.5) is 8.78 Å². The lowest BCUT2D eigenvalue weighted by atomic mass is 10.1. The van der Waals surface area contributed by atoms with E-state index in [0.29, 0.717) is 16.9 Å². The zero-order valence-electron chi connectivity index (χ0n) is 17.1. The van der Waals surface area contributed by atoms with Gasteiger partial charge in [0.15, 0.2) is 0 Å². The molecule has 1 aliphatic heterocycles. The molecule has 33 heavy (non-hydrogen) atoms. The summed E-state index contributed by atoms with van der Waals surface area (Å²) in [7, 11) is -8.94. The molecule has 2 aromatic rings. The lowest BCUT2D eigenvalue weighted by Gasteiger charge is -2.16. The summed E-state index contributed by atoms with van der Waals surface area (Å²) in [6.45, 7) is 1.57. The Kier molecular flexibility index (Phi) is 11.4. The van der Waals surface area contributed by atoms with Crippen molar-refractivity contribution in [3.05, 3.63) is 27.0 Å². The average Bonchev–Trinajstić information content (AvgIpc) is 3.36. The maximum Gasteiger partial charge on any atom is 0.400 e. The fraction of sp³-hybridized carbons (Fsp3) is 0.556. The van der Waals surface area contributed by atoms with Gasteiger partial charge in [0.25, 0.3) is 0 Å². The Balaban J connectivity index is 0.000000799. The van der Waals surface area contributed by atoms with E-state index in [4.69, 9.17) is 19.3 Å². The van der Waals surface area contributed by atoms with Crippen molar-refractivity contribution in [2.24, 2.45) is 0 Å². The molecule has 0 atom stereocenters. The monoisotopic (exact) mass is 594 g/mol. The third-order valence-corrected chi connectivity index (χ3v) is 8.83. The van der Waals surface area contributed by atoms with Crippen LogP contribution < -0.4 is 4.74 Å². The second-order valence-electron chi connectivity index (χ2n) is 7.11. The summed E-state index contributed by atoms with van der Waals surface area (Å²) in [5.41, 5.74) is -4.06. The molecule has 3 rings (SSSR count). The normalized spacial score (nSPS) is 14.5. The Morgan fingerprint density at radius 1 is 1.27 bits per heavy atom. The highest BCUT2D eigenvalue weighted by atomic mass is 79.9. The Bertz CT molecular complexity index is 1080. The van der Waals surface area contributed by atoms with E-state index in [2.05, 4.69) is 15.9 Å². The standard InChI is InChI=1S/C14H16BrF2O7PS2.C4H8O.BH3/c1-27(22,23)4-2-3-24-10-6-8(7-18)5-9-11(15)13(26-12(9)10)14(16,17)25(19,20)21;1-2-4-5-3-1;/h5-6,18H,2-4,7H2,1H3,(H2,19,20,21);1-4H2;1H3. The van der Waals surface area contributed by atoms with Gasteiger partial charge in [0.2, 0.25) is 0 Å². The number of hydrogen-bond donors (Lipinski definition) is 3. The molecule has 188 valence electrons. The smallest absolute Gasteiger partial charge is 0.400 e. The Morgan fingerprint density at radius 2 is 1.88 bits per heavy atom. The van der Waals surface area contributed by atoms with E-state index >= 15 is 0 Å². The number of benzene rings is 1. The summed E-state index contributed by atoms with van der Waals surface area (Å²) in [6, 6.07) is 2.81. The molecule has 8 nitrogen and oxygen atoms in total. The van der Waals surface area contributed by atoms with Crippen LogP contribution in [0.15, 0.2) is 16.6 Å². The first-order valence-corrected chi connectivity index (χ1v) is 14.7. The third kappa shape index (κ3) is 8.24. The molecule has 0 aliphatic carbocycles. The number of aliphatic hydroxyl groups is 1. The highest BCUT2D eigenvalue weighted by molar-refractivity contribution is 9.10. The minimum absolute atomic E-state index is 0. The van der Waals surface area contributed by atoms with Crippen LogP contribution in [-0.4, -0.2) is 63.6 Å². The first-order chi connectivity index (χ1) is 14.8. The molecule has 1 fully saturated rings. The molecule has 0 spiro atoms. The molecular weight excluding hydrogens is 568 g/mol. The van der Waals surface area contributed by atoms with Crippen molar-refractivity contribution in [1.82, 2.24) is 0 Å². The van der Waals surface area contributed by atoms with Gasteiger partial charge in [-0.25, -0.2) is 8.42 Å². The lowest BCUT2D eigenvalue weighted by Crippen LogP contribution is -2.12. The van der Waals surface area contributed by atoms with Crippen molar-refractivity contribution in [2.45, 2.75) is 31.5 Å². The summed E-state index contributed by atoms with van der Waals surface area (Å²) in [6.07, 6.45) is 3.80. The predicted octanol–water partition coefficient (Wildman–Crippen LogP) is 2.81. The van der Waals surface area contributed by atoms with Crippen LogP contribution >= 0.6 is 34.9 Å². The fourth-order valence-corrected chi connectivity index (χ4v) is 6.35. The minimum Gasteiger partial charge on any atom is -0.492 e. The third-order valence-electron chi connectivity index (χ3n) is 4.32. The van der Waals surface area contributed by atoms with Crippen molar-refractivity contribution >= 4 is 63.2 Å². The number of halogens is 3. The number of rotatable bonds is 8. The second kappa shape index (κ2) is 12.4. The van der Waals surface area contributed by atoms with Gasteiger partial charge in [-0.1, -0.05) is 0 Å². The van der Waals surface area contributed by atoms with Gasteiger partial charge in [0.05, 0.1) is 32.1 Å². The molecule has 1 aromatic carbocycles. The lowest BCUT2D eigenvalue weighted by molar-refractivity contribution is 0.0595. The topological polar surface area (TPSA) is 130 Å². The van der Waals surface area contributed by atoms with Gasteiger partial charge in [-0.15, -0.1) is 11.3 Å². The predicted molar refractivity (Wildman–Crippen MR) is 131 cm³/mol. The second-order valence-corrected chi connectivity index (χ2v) is 12.8. The van der Waals surface area contributed by atoms with E-state index in [1.807, 2.05) is 0 Å². The van der Waals surface area contributed by atoms with Crippen molar-refractivity contribution in [2.75, 3.05) is 31.8 Å². The molecule has 0 unspecified atom stereocenters. The van der Waals surface area contributed by atoms with E-state index in [1.165, 1.54) is 25.0 Å². The number of alkyl halides is 2. The van der Waals surface area contributed by atoms with Crippen LogP contribution in [0.25, 0.3) is 10.1 Å². The van der Waals surface area contributed by atoms with Crippen molar-refractivity contribution in [3.63, 3.8) is 0 Å². The average molecular weight is 595 g/mol. The fourth-order valence-electron chi connectivity index (χ4n) is 2.73. The first-order valence-electron chi connectivity index (χ1n) is 9.46. The summed E-state index contributed by atoms with van der Waals surface area (Å²) in [5, 5.41) is 9.57. The maximum atomic E-state index is 14.2. The number of ether oxygens (including phenoxy) is 2. The van der Waals surface area contributed by atoms with Crippen molar-refractivity contribution < 1.29 is 46.1 Å². The summed E-state index contributed by atoms with van der Waals surface area (Å²) in [4.78, 5) is 17.1. The molecule has 0 radical (unpaired) electrons. The number of thiophene rings is 1. The van der Waals surface area contributed by atoms with Crippen LogP contribution in [0.2, 0.25) is 0 Å². The van der Waals surface area contributed by atoms with Gasteiger partial charge in [0, 0.05) is 29.3 Å². The van der Waals surface area contributed by atoms with Crippen molar-refractivity contribution in [1.29, 1.82) is 0 Å². The molecule has 0 saturated carbocycles. The zero-order valence-corrected chi connectivity index (χ0v) is 21.2. The molecule has 0 amide bonds. The van der Waals surface area contributed by atoms with Gasteiger partial charge in [0.1, 0.15) is 20.5 Å². The highest BCUT2D eigenvalue weighted by Gasteiger charge is 2.53. The Labute approximate surface area is 205 Å².